The van der Waals surface area contributed by atoms with Crippen LogP contribution in [0.5, 0.6) is 0 Å². The molecule has 0 saturated heterocycles. The zero-order valence-corrected chi connectivity index (χ0v) is 11.8. The quantitative estimate of drug-likeness (QED) is 0.672. The van der Waals surface area contributed by atoms with Crippen molar-refractivity contribution in [3.8, 4) is 0 Å². The first-order valence-corrected chi connectivity index (χ1v) is 4.07. The molecule has 15 heavy (non-hydrogen) atoms. The molecular formula is C13H21IrN-2. The first-order chi connectivity index (χ1) is 5.57. The van der Waals surface area contributed by atoms with E-state index in [9.17, 15) is 0 Å². The molecular weight excluding hydrogens is 362 g/mol. The summed E-state index contributed by atoms with van der Waals surface area (Å²) in [6.07, 6.45) is 1.56. The minimum atomic E-state index is 0. The van der Waals surface area contributed by atoms with Crippen LogP contribution in [-0.4, -0.2) is 4.98 Å². The maximum Gasteiger partial charge on any atom is 0.0193 e. The normalized spacial score (nSPS) is 8.00. The molecule has 0 aliphatic carbocycles. The maximum absolute atomic E-state index is 5.45. The minimum absolute atomic E-state index is 0. The first kappa shape index (κ1) is 20.0. The van der Waals surface area contributed by atoms with Gasteiger partial charge in [0.15, 0.2) is 0 Å². The van der Waals surface area contributed by atoms with Gasteiger partial charge in [-0.1, -0.05) is 25.6 Å². The van der Waals surface area contributed by atoms with E-state index in [-0.39, 0.29) is 35.0 Å². The Balaban J connectivity index is -0.000000480. The van der Waals surface area contributed by atoms with Crippen LogP contribution in [0.4, 0.5) is 0 Å². The van der Waals surface area contributed by atoms with E-state index in [0.717, 1.165) is 11.4 Å². The number of aromatic nitrogens is 1. The van der Waals surface area contributed by atoms with Crippen LogP contribution >= 0.6 is 0 Å². The Hall–Kier alpha value is -0.461. The molecule has 0 unspecified atom stereocenters. The van der Waals surface area contributed by atoms with Crippen molar-refractivity contribution in [2.75, 3.05) is 0 Å². The van der Waals surface area contributed by atoms with Crippen LogP contribution in [-0.2, 0) is 20.1 Å². The second kappa shape index (κ2) is 7.78. The second-order valence-electron chi connectivity index (χ2n) is 3.12. The molecule has 1 heterocycles. The van der Waals surface area contributed by atoms with Crippen molar-refractivity contribution >= 4 is 6.08 Å². The average molecular weight is 384 g/mol. The average Bonchev–Trinajstić information content (AvgIpc) is 2.08. The third kappa shape index (κ3) is 3.89. The second-order valence-corrected chi connectivity index (χ2v) is 3.12. The monoisotopic (exact) mass is 384 g/mol. The van der Waals surface area contributed by atoms with Gasteiger partial charge in [0.2, 0.25) is 0 Å². The van der Waals surface area contributed by atoms with Gasteiger partial charge in [-0.3, -0.25) is 6.58 Å². The van der Waals surface area contributed by atoms with Crippen molar-refractivity contribution in [3.05, 3.63) is 42.1 Å². The van der Waals surface area contributed by atoms with E-state index in [0.29, 0.717) is 0 Å². The molecule has 1 aromatic rings. The molecule has 0 aliphatic rings. The Labute approximate surface area is 108 Å². The number of aryl methyl sites for hydroxylation is 1. The van der Waals surface area contributed by atoms with Gasteiger partial charge in [0.05, 0.1) is 0 Å². The summed E-state index contributed by atoms with van der Waals surface area (Å²) in [5, 5.41) is 0. The van der Waals surface area contributed by atoms with Gasteiger partial charge < -0.3 is 12.4 Å². The predicted molar refractivity (Wildman–Crippen MR) is 65.1 cm³/mol. The van der Waals surface area contributed by atoms with Crippen molar-refractivity contribution in [1.82, 2.24) is 4.98 Å². The summed E-state index contributed by atoms with van der Waals surface area (Å²) in [6.45, 7) is 13.7. The van der Waals surface area contributed by atoms with Gasteiger partial charge in [0.25, 0.3) is 0 Å². The van der Waals surface area contributed by atoms with E-state index < -0.39 is 0 Å². The summed E-state index contributed by atoms with van der Waals surface area (Å²) in [6, 6.07) is 0. The van der Waals surface area contributed by atoms with Crippen LogP contribution in [0, 0.1) is 41.7 Å². The Bertz CT molecular complexity index is 330. The van der Waals surface area contributed by atoms with E-state index in [1.165, 1.54) is 16.7 Å². The number of hydrogen-bond donors (Lipinski definition) is 0. The number of rotatable bonds is 1. The van der Waals surface area contributed by atoms with Crippen LogP contribution in [0.3, 0.4) is 0 Å². The Kier molecular flexibility index (Phi) is 10.4. The van der Waals surface area contributed by atoms with Crippen molar-refractivity contribution in [1.29, 1.82) is 0 Å². The Morgan fingerprint density at radius 1 is 1.00 bits per heavy atom. The molecule has 0 N–H and O–H groups in total. The van der Waals surface area contributed by atoms with Crippen molar-refractivity contribution in [2.45, 2.75) is 35.1 Å². The molecule has 2 heteroatoms. The zero-order chi connectivity index (χ0) is 9.30. The van der Waals surface area contributed by atoms with Gasteiger partial charge in [-0.2, -0.15) is 0 Å². The van der Waals surface area contributed by atoms with E-state index in [4.69, 9.17) is 6.58 Å². The molecule has 1 rings (SSSR count). The molecule has 89 valence electrons. The smallest absolute Gasteiger partial charge is 0.0193 e. The molecule has 1 radical (unpaired) electrons. The number of nitrogens with zero attached hydrogens (tertiary/aromatic N) is 1. The van der Waals surface area contributed by atoms with Gasteiger partial charge in [-0.15, -0.1) is 5.56 Å². The van der Waals surface area contributed by atoms with E-state index in [2.05, 4.69) is 18.8 Å². The van der Waals surface area contributed by atoms with Gasteiger partial charge >= 0.3 is 0 Å². The van der Waals surface area contributed by atoms with Crippen molar-refractivity contribution < 1.29 is 20.1 Å². The molecule has 1 nitrogen and oxygen atoms in total. The Morgan fingerprint density at radius 2 is 1.47 bits per heavy atom. The fraction of sp³-hybridized carbons (Fsp3) is 0.385. The van der Waals surface area contributed by atoms with E-state index in [1.807, 2.05) is 13.8 Å². The van der Waals surface area contributed by atoms with Crippen LogP contribution in [0.1, 0.15) is 35.5 Å². The van der Waals surface area contributed by atoms with Crippen LogP contribution in [0.2, 0.25) is 0 Å². The summed E-state index contributed by atoms with van der Waals surface area (Å²) in [7, 11) is 0. The summed E-state index contributed by atoms with van der Waals surface area (Å²) in [5.74, 6) is 0. The summed E-state index contributed by atoms with van der Waals surface area (Å²) in [5.41, 5.74) is 5.70. The summed E-state index contributed by atoms with van der Waals surface area (Å²) in [4.78, 5) is 4.37. The molecule has 0 aliphatic heterocycles. The fourth-order valence-electron chi connectivity index (χ4n) is 1.26. The molecule has 0 aromatic carbocycles. The predicted octanol–water partition coefficient (Wildman–Crippen LogP) is 3.85. The van der Waals surface area contributed by atoms with E-state index >= 15 is 0 Å². The van der Waals surface area contributed by atoms with Crippen LogP contribution in [0.25, 0.3) is 6.08 Å². The summed E-state index contributed by atoms with van der Waals surface area (Å²) < 4.78 is 0. The molecule has 0 amide bonds. The number of pyridine rings is 1. The van der Waals surface area contributed by atoms with Gasteiger partial charge in [-0.25, -0.2) is 6.08 Å². The zero-order valence-electron chi connectivity index (χ0n) is 9.44. The van der Waals surface area contributed by atoms with Crippen LogP contribution in [0.15, 0.2) is 0 Å². The van der Waals surface area contributed by atoms with Crippen molar-refractivity contribution in [3.63, 3.8) is 0 Å². The largest absolute Gasteiger partial charge is 0.358 e. The van der Waals surface area contributed by atoms with Gasteiger partial charge in [-0.05, 0) is 26.3 Å². The molecule has 1 aromatic heterocycles. The fourth-order valence-corrected chi connectivity index (χ4v) is 1.26. The molecule has 0 atom stereocenters. The van der Waals surface area contributed by atoms with Crippen molar-refractivity contribution in [2.24, 2.45) is 0 Å². The molecule has 0 bridgehead atoms. The summed E-state index contributed by atoms with van der Waals surface area (Å²) >= 11 is 0. The minimum Gasteiger partial charge on any atom is -0.358 e. The third-order valence-electron chi connectivity index (χ3n) is 2.50. The SMILES string of the molecule is C.[CH-]=Cc1nc(C)c(C)c(C)c1C.[CH3-].[Ir]. The number of hydrogen-bond acceptors (Lipinski definition) is 1. The maximum atomic E-state index is 5.45. The first-order valence-electron chi connectivity index (χ1n) is 4.07. The standard InChI is InChI=1S/C11H14N.CH4.CH3.Ir/c1-6-11-9(4)7(2)8(3)10(5)12-11;;;/h1,6H,2-5H3;1H4;1H3;/q-1;;-1;. The molecule has 0 fully saturated rings. The van der Waals surface area contributed by atoms with E-state index in [1.54, 1.807) is 6.08 Å². The topological polar surface area (TPSA) is 12.9 Å². The van der Waals surface area contributed by atoms with Gasteiger partial charge in [0.1, 0.15) is 0 Å². The molecule has 0 spiro atoms. The molecule has 0 saturated carbocycles. The van der Waals surface area contributed by atoms with Gasteiger partial charge in [0, 0.05) is 25.8 Å². The Morgan fingerprint density at radius 3 is 1.87 bits per heavy atom. The van der Waals surface area contributed by atoms with Crippen LogP contribution < -0.4 is 0 Å². The third-order valence-corrected chi connectivity index (χ3v) is 2.50.